The Morgan fingerprint density at radius 3 is 1.30 bits per heavy atom. The molecule has 8 heteroatoms. The van der Waals surface area contributed by atoms with E-state index in [2.05, 4.69) is 6.92 Å². The summed E-state index contributed by atoms with van der Waals surface area (Å²) in [5.74, 6) is 0. The minimum atomic E-state index is -1.50. The Morgan fingerprint density at radius 2 is 1.04 bits per heavy atom. The Morgan fingerprint density at radius 1 is 0.741 bits per heavy atom. The highest BCUT2D eigenvalue weighted by atomic mass is 16.9. The van der Waals surface area contributed by atoms with Crippen LogP contribution in [0.1, 0.15) is 110 Å². The van der Waals surface area contributed by atoms with Gasteiger partial charge >= 0.3 is 0 Å². The number of unbranched alkanes of at least 4 members (excludes halogenated alkanes) is 13. The van der Waals surface area contributed by atoms with E-state index in [4.69, 9.17) is 20.4 Å². The van der Waals surface area contributed by atoms with Gasteiger partial charge in [-0.3, -0.25) is 10.1 Å². The van der Waals surface area contributed by atoms with E-state index < -0.39 is 10.6 Å². The lowest BCUT2D eigenvalue weighted by atomic mass is 9.95. The van der Waals surface area contributed by atoms with Gasteiger partial charge in [0.25, 0.3) is 5.09 Å². The molecule has 0 bridgehead atoms. The zero-order valence-corrected chi connectivity index (χ0v) is 17.2. The molecule has 0 amide bonds. The summed E-state index contributed by atoms with van der Waals surface area (Å²) in [7, 11) is 0. The van der Waals surface area contributed by atoms with Crippen molar-refractivity contribution in [1.82, 2.24) is 0 Å². The Kier molecular flexibility index (Phi) is 19.9. The van der Waals surface area contributed by atoms with Gasteiger partial charge in [-0.1, -0.05) is 90.4 Å². The fraction of sp³-hybridized carbons (Fsp3) is 1.00. The molecule has 0 saturated heterocycles. The maximum atomic E-state index is 10.9. The molecule has 162 valence electrons. The maximum Gasteiger partial charge on any atom is 0.291 e. The summed E-state index contributed by atoms with van der Waals surface area (Å²) in [5, 5.41) is 33.6. The van der Waals surface area contributed by atoms with Gasteiger partial charge < -0.3 is 10.3 Å². The minimum absolute atomic E-state index is 0.338. The number of rotatable bonds is 17. The van der Waals surface area contributed by atoms with Crippen molar-refractivity contribution in [3.05, 3.63) is 20.2 Å². The highest BCUT2D eigenvalue weighted by molar-refractivity contribution is 4.72. The minimum Gasteiger partial charge on any atom is -0.389 e. The third-order valence-corrected chi connectivity index (χ3v) is 4.85. The number of hydrogen-bond acceptors (Lipinski definition) is 5. The molecule has 0 aliphatic rings. The largest absolute Gasteiger partial charge is 0.389 e. The van der Waals surface area contributed by atoms with Crippen molar-refractivity contribution < 1.29 is 20.3 Å². The van der Waals surface area contributed by atoms with Gasteiger partial charge in [0.15, 0.2) is 0 Å². The van der Waals surface area contributed by atoms with Gasteiger partial charge in [0.05, 0.1) is 0 Å². The summed E-state index contributed by atoms with van der Waals surface area (Å²) >= 11 is 0. The van der Waals surface area contributed by atoms with Crippen molar-refractivity contribution in [3.63, 3.8) is 0 Å². The molecule has 2 N–H and O–H groups in total. The van der Waals surface area contributed by atoms with Crippen LogP contribution in [-0.2, 0) is 0 Å². The van der Waals surface area contributed by atoms with Gasteiger partial charge in [-0.25, -0.2) is 0 Å². The van der Waals surface area contributed by atoms with Crippen LogP contribution in [0, 0.1) is 20.2 Å². The van der Waals surface area contributed by atoms with Gasteiger partial charge in [-0.05, 0) is 6.42 Å². The predicted molar refractivity (Wildman–Crippen MR) is 106 cm³/mol. The molecular formula is C19H40N2O6. The lowest BCUT2D eigenvalue weighted by Gasteiger charge is -2.17. The number of aliphatic hydroxyl groups is 1. The Hall–Kier alpha value is -1.44. The Bertz CT molecular complexity index is 364. The molecule has 0 saturated carbocycles. The van der Waals surface area contributed by atoms with Crippen LogP contribution in [0.2, 0.25) is 0 Å². The summed E-state index contributed by atoms with van der Waals surface area (Å²) in [5.41, 5.74) is -1.14. The molecule has 0 rings (SSSR count). The van der Waals surface area contributed by atoms with E-state index >= 15 is 0 Å². The van der Waals surface area contributed by atoms with Crippen LogP contribution in [-0.4, -0.2) is 32.5 Å². The fourth-order valence-electron chi connectivity index (χ4n) is 2.93. The van der Waals surface area contributed by atoms with Crippen LogP contribution >= 0.6 is 0 Å². The van der Waals surface area contributed by atoms with Gasteiger partial charge in [-0.2, -0.15) is 0 Å². The van der Waals surface area contributed by atoms with Crippen LogP contribution in [0.4, 0.5) is 0 Å². The van der Waals surface area contributed by atoms with Crippen LogP contribution in [0.3, 0.4) is 0 Å². The van der Waals surface area contributed by atoms with E-state index in [1.807, 2.05) is 0 Å². The van der Waals surface area contributed by atoms with Crippen LogP contribution in [0.25, 0.3) is 0 Å². The second-order valence-electron chi connectivity index (χ2n) is 7.50. The SMILES string of the molecule is CCCCCCCCCCCCCCCCC(C)(CO)[N+](=O)[O-].O=[N+]([O-])O. The average molecular weight is 393 g/mol. The second-order valence-corrected chi connectivity index (χ2v) is 7.50. The maximum absolute atomic E-state index is 10.9. The summed E-state index contributed by atoms with van der Waals surface area (Å²) in [6, 6.07) is 0. The molecule has 0 aromatic carbocycles. The highest BCUT2D eigenvalue weighted by Gasteiger charge is 2.35. The summed E-state index contributed by atoms with van der Waals surface area (Å²) in [6.45, 7) is 3.43. The normalized spacial score (nSPS) is 12.7. The van der Waals surface area contributed by atoms with E-state index in [0.717, 1.165) is 19.3 Å². The Balaban J connectivity index is 0. The van der Waals surface area contributed by atoms with Crippen molar-refractivity contribution in [2.24, 2.45) is 0 Å². The molecular weight excluding hydrogens is 352 g/mol. The highest BCUT2D eigenvalue weighted by Crippen LogP contribution is 2.19. The topological polar surface area (TPSA) is 127 Å². The van der Waals surface area contributed by atoms with Crippen LogP contribution < -0.4 is 0 Å². The predicted octanol–water partition coefficient (Wildman–Crippen LogP) is 5.54. The quantitative estimate of drug-likeness (QED) is 0.190. The number of nitrogens with zero attached hydrogens (tertiary/aromatic N) is 2. The van der Waals surface area contributed by atoms with Crippen molar-refractivity contribution in [2.45, 2.75) is 116 Å². The van der Waals surface area contributed by atoms with Crippen molar-refractivity contribution in [2.75, 3.05) is 6.61 Å². The molecule has 1 unspecified atom stereocenters. The van der Waals surface area contributed by atoms with Crippen LogP contribution in [0.15, 0.2) is 0 Å². The lowest BCUT2D eigenvalue weighted by Crippen LogP contribution is -2.38. The molecule has 0 spiro atoms. The molecule has 1 atom stereocenters. The third kappa shape index (κ3) is 20.7. The smallest absolute Gasteiger partial charge is 0.291 e. The number of nitro groups is 1. The third-order valence-electron chi connectivity index (χ3n) is 4.85. The molecule has 0 aromatic heterocycles. The second kappa shape index (κ2) is 19.3. The molecule has 0 aliphatic carbocycles. The molecule has 0 radical (unpaired) electrons. The number of aliphatic hydroxyl groups excluding tert-OH is 1. The monoisotopic (exact) mass is 392 g/mol. The standard InChI is InChI=1S/C19H39NO3.HNO3/c1-3-4-5-6-7-8-9-10-11-12-13-14-15-16-17-19(2,18-21)20(22)23;2-1(3)4/h21H,3-18H2,1-2H3;(H,2,3,4). The molecule has 8 nitrogen and oxygen atoms in total. The number of hydrogen-bond donors (Lipinski definition) is 2. The first kappa shape index (κ1) is 27.8. The summed E-state index contributed by atoms with van der Waals surface area (Å²) in [4.78, 5) is 18.9. The first-order chi connectivity index (χ1) is 12.8. The van der Waals surface area contributed by atoms with Crippen molar-refractivity contribution in [3.8, 4) is 0 Å². The van der Waals surface area contributed by atoms with E-state index in [0.29, 0.717) is 6.42 Å². The first-order valence-electron chi connectivity index (χ1n) is 10.4. The van der Waals surface area contributed by atoms with Gasteiger partial charge in [-0.15, -0.1) is 10.1 Å². The molecule has 0 fully saturated rings. The molecule has 0 aliphatic heterocycles. The van der Waals surface area contributed by atoms with Crippen molar-refractivity contribution >= 4 is 0 Å². The molecule has 0 aromatic rings. The first-order valence-corrected chi connectivity index (χ1v) is 10.4. The fourth-order valence-corrected chi connectivity index (χ4v) is 2.93. The van der Waals surface area contributed by atoms with Gasteiger partial charge in [0.2, 0.25) is 5.54 Å². The zero-order chi connectivity index (χ0) is 21.0. The van der Waals surface area contributed by atoms with Gasteiger partial charge in [0, 0.05) is 18.3 Å². The summed E-state index contributed by atoms with van der Waals surface area (Å²) in [6.07, 6.45) is 18.5. The van der Waals surface area contributed by atoms with Gasteiger partial charge in [0.1, 0.15) is 6.61 Å². The van der Waals surface area contributed by atoms with Crippen LogP contribution in [0.5, 0.6) is 0 Å². The Labute approximate surface area is 163 Å². The van der Waals surface area contributed by atoms with E-state index in [1.54, 1.807) is 0 Å². The van der Waals surface area contributed by atoms with E-state index in [1.165, 1.54) is 77.6 Å². The molecule has 27 heavy (non-hydrogen) atoms. The van der Waals surface area contributed by atoms with Crippen molar-refractivity contribution in [1.29, 1.82) is 0 Å². The lowest BCUT2D eigenvalue weighted by molar-refractivity contribution is -0.742. The average Bonchev–Trinajstić information content (AvgIpc) is 2.61. The van der Waals surface area contributed by atoms with E-state index in [-0.39, 0.29) is 11.5 Å². The summed E-state index contributed by atoms with van der Waals surface area (Å²) < 4.78 is 0. The molecule has 0 heterocycles. The van der Waals surface area contributed by atoms with E-state index in [9.17, 15) is 10.1 Å². The zero-order valence-electron chi connectivity index (χ0n) is 17.2.